The average Bonchev–Trinajstić information content (AvgIpc) is 3.12. The van der Waals surface area contributed by atoms with Crippen LogP contribution in [0, 0.1) is 0 Å². The number of hydrogen-bond donors (Lipinski definition) is 2. The quantitative estimate of drug-likeness (QED) is 0.679. The van der Waals surface area contributed by atoms with E-state index in [1.165, 1.54) is 17.2 Å². The number of rotatable bonds is 7. The van der Waals surface area contributed by atoms with Crippen molar-refractivity contribution >= 4 is 15.9 Å². The number of nitrogens with zero attached hydrogens (tertiary/aromatic N) is 2. The van der Waals surface area contributed by atoms with Crippen LogP contribution >= 0.6 is 0 Å². The van der Waals surface area contributed by atoms with Gasteiger partial charge in [-0.15, -0.1) is 0 Å². The highest BCUT2D eigenvalue weighted by atomic mass is 32.2. The number of aliphatic hydroxyl groups excluding tert-OH is 1. The molecule has 2 heterocycles. The summed E-state index contributed by atoms with van der Waals surface area (Å²) in [5, 5.41) is 8.33. The zero-order valence-electron chi connectivity index (χ0n) is 13.6. The highest BCUT2D eigenvalue weighted by Crippen LogP contribution is 2.26. The Balaban J connectivity index is 2.12. The fraction of sp³-hybridized carbons (Fsp3) is 0.600. The van der Waals surface area contributed by atoms with Gasteiger partial charge >= 0.3 is 6.09 Å². The third-order valence-corrected chi connectivity index (χ3v) is 5.58. The minimum atomic E-state index is -3.25. The molecule has 0 unspecified atom stereocenters. The van der Waals surface area contributed by atoms with E-state index >= 15 is 0 Å². The van der Waals surface area contributed by atoms with Gasteiger partial charge in [-0.3, -0.25) is 0 Å². The van der Waals surface area contributed by atoms with Crippen LogP contribution < -0.4 is 0 Å². The smallest absolute Gasteiger partial charge is 0.410 e. The Morgan fingerprint density at radius 1 is 1.62 bits per heavy atom. The molecule has 0 spiro atoms. The molecule has 1 amide bonds. The Labute approximate surface area is 141 Å². The molecule has 1 aromatic heterocycles. The van der Waals surface area contributed by atoms with Gasteiger partial charge in [0, 0.05) is 43.6 Å². The summed E-state index contributed by atoms with van der Waals surface area (Å²) in [5.74, 6) is 0.658. The second-order valence-corrected chi connectivity index (χ2v) is 8.22. The first-order chi connectivity index (χ1) is 11.3. The Bertz CT molecular complexity index is 685. The SMILES string of the molecule is C=CCOC(=O)N1C[C@H](S(C)(=O)=O)C[C@H]1Cc1cnc(CCO)[nH]1. The number of carbonyl (C=O) groups excluding carboxylic acids is 1. The summed E-state index contributed by atoms with van der Waals surface area (Å²) < 4.78 is 28.8. The average molecular weight is 357 g/mol. The maximum atomic E-state index is 12.2. The lowest BCUT2D eigenvalue weighted by Gasteiger charge is -2.23. The summed E-state index contributed by atoms with van der Waals surface area (Å²) in [6.45, 7) is 3.69. The fourth-order valence-corrected chi connectivity index (χ4v) is 3.81. The number of H-pyrrole nitrogens is 1. The monoisotopic (exact) mass is 357 g/mol. The maximum absolute atomic E-state index is 12.2. The van der Waals surface area contributed by atoms with Crippen LogP contribution in [0.15, 0.2) is 18.9 Å². The van der Waals surface area contributed by atoms with Crippen LogP contribution in [0.2, 0.25) is 0 Å². The van der Waals surface area contributed by atoms with E-state index in [4.69, 9.17) is 9.84 Å². The minimum Gasteiger partial charge on any atom is -0.445 e. The van der Waals surface area contributed by atoms with Crippen LogP contribution in [-0.4, -0.2) is 71.8 Å². The minimum absolute atomic E-state index is 0.00740. The number of sulfone groups is 1. The number of carbonyl (C=O) groups is 1. The molecule has 0 bridgehead atoms. The van der Waals surface area contributed by atoms with Crippen molar-refractivity contribution in [3.63, 3.8) is 0 Å². The Hall–Kier alpha value is -1.87. The van der Waals surface area contributed by atoms with Gasteiger partial charge < -0.3 is 19.7 Å². The molecule has 0 aromatic carbocycles. The Kier molecular flexibility index (Phi) is 6.00. The summed E-state index contributed by atoms with van der Waals surface area (Å²) in [6, 6.07) is -0.288. The van der Waals surface area contributed by atoms with Crippen molar-refractivity contribution in [3.05, 3.63) is 30.4 Å². The van der Waals surface area contributed by atoms with Gasteiger partial charge in [-0.2, -0.15) is 0 Å². The molecule has 2 atom stereocenters. The molecule has 2 N–H and O–H groups in total. The summed E-state index contributed by atoms with van der Waals surface area (Å²) in [6.07, 6.45) is 4.98. The molecular weight excluding hydrogens is 334 g/mol. The van der Waals surface area contributed by atoms with Gasteiger partial charge in [0.05, 0.1) is 11.9 Å². The van der Waals surface area contributed by atoms with Crippen LogP contribution in [0.25, 0.3) is 0 Å². The molecule has 8 nitrogen and oxygen atoms in total. The van der Waals surface area contributed by atoms with Crippen molar-refractivity contribution in [2.24, 2.45) is 0 Å². The lowest BCUT2D eigenvalue weighted by atomic mass is 10.1. The van der Waals surface area contributed by atoms with Gasteiger partial charge in [0.25, 0.3) is 0 Å². The molecule has 24 heavy (non-hydrogen) atoms. The van der Waals surface area contributed by atoms with Crippen LogP contribution in [0.3, 0.4) is 0 Å². The number of aliphatic hydroxyl groups is 1. The number of hydrogen-bond acceptors (Lipinski definition) is 6. The molecule has 1 aliphatic heterocycles. The standard InChI is InChI=1S/C15H23N3O5S/c1-3-6-23-15(20)18-10-13(24(2,21)22)8-12(18)7-11-9-16-14(17-11)4-5-19/h3,9,12-13,19H,1,4-8,10H2,2H3,(H,16,17)/t12-,13-/m1/s1. The van der Waals surface area contributed by atoms with E-state index in [-0.39, 0.29) is 25.8 Å². The first-order valence-electron chi connectivity index (χ1n) is 7.72. The second kappa shape index (κ2) is 7.80. The number of nitrogens with one attached hydrogen (secondary N) is 1. The van der Waals surface area contributed by atoms with E-state index in [0.717, 1.165) is 5.69 Å². The van der Waals surface area contributed by atoms with E-state index in [9.17, 15) is 13.2 Å². The Morgan fingerprint density at radius 2 is 2.38 bits per heavy atom. The Morgan fingerprint density at radius 3 is 3.00 bits per heavy atom. The van der Waals surface area contributed by atoms with Gasteiger partial charge in [0.15, 0.2) is 9.84 Å². The lowest BCUT2D eigenvalue weighted by molar-refractivity contribution is 0.108. The fourth-order valence-electron chi connectivity index (χ4n) is 2.81. The van der Waals surface area contributed by atoms with Gasteiger partial charge in [0.2, 0.25) is 0 Å². The topological polar surface area (TPSA) is 113 Å². The molecule has 0 radical (unpaired) electrons. The van der Waals surface area contributed by atoms with Gasteiger partial charge in [-0.1, -0.05) is 12.7 Å². The van der Waals surface area contributed by atoms with Crippen molar-refractivity contribution in [2.45, 2.75) is 30.6 Å². The summed E-state index contributed by atoms with van der Waals surface area (Å²) in [4.78, 5) is 20.9. The first kappa shape index (κ1) is 18.5. The molecule has 1 aliphatic rings. The van der Waals surface area contributed by atoms with E-state index in [0.29, 0.717) is 25.1 Å². The van der Waals surface area contributed by atoms with E-state index < -0.39 is 21.2 Å². The molecule has 2 rings (SSSR count). The summed E-state index contributed by atoms with van der Waals surface area (Å²) >= 11 is 0. The molecule has 9 heteroatoms. The van der Waals surface area contributed by atoms with Crippen molar-refractivity contribution in [3.8, 4) is 0 Å². The number of amides is 1. The van der Waals surface area contributed by atoms with Crippen molar-refractivity contribution < 1.29 is 23.1 Å². The molecule has 0 saturated carbocycles. The van der Waals surface area contributed by atoms with Gasteiger partial charge in [0.1, 0.15) is 12.4 Å². The van der Waals surface area contributed by atoms with E-state index in [1.807, 2.05) is 0 Å². The molecular formula is C15H23N3O5S. The van der Waals surface area contributed by atoms with E-state index in [2.05, 4.69) is 16.5 Å². The first-order valence-corrected chi connectivity index (χ1v) is 9.67. The van der Waals surface area contributed by atoms with Gasteiger partial charge in [-0.05, 0) is 6.42 Å². The van der Waals surface area contributed by atoms with Crippen LogP contribution in [-0.2, 0) is 27.4 Å². The zero-order chi connectivity index (χ0) is 17.7. The maximum Gasteiger partial charge on any atom is 0.410 e. The zero-order valence-corrected chi connectivity index (χ0v) is 14.5. The summed E-state index contributed by atoms with van der Waals surface area (Å²) in [5.41, 5.74) is 0.791. The van der Waals surface area contributed by atoms with Crippen molar-refractivity contribution in [1.29, 1.82) is 0 Å². The molecule has 1 fully saturated rings. The highest BCUT2D eigenvalue weighted by Gasteiger charge is 2.40. The second-order valence-electron chi connectivity index (χ2n) is 5.89. The largest absolute Gasteiger partial charge is 0.445 e. The predicted molar refractivity (Wildman–Crippen MR) is 88.4 cm³/mol. The van der Waals surface area contributed by atoms with Crippen LogP contribution in [0.4, 0.5) is 4.79 Å². The third-order valence-electron chi connectivity index (χ3n) is 4.03. The summed E-state index contributed by atoms with van der Waals surface area (Å²) in [7, 11) is -3.25. The van der Waals surface area contributed by atoms with Crippen LogP contribution in [0.5, 0.6) is 0 Å². The van der Waals surface area contributed by atoms with Gasteiger partial charge in [-0.25, -0.2) is 18.2 Å². The number of ether oxygens (including phenoxy) is 1. The molecule has 0 aliphatic carbocycles. The number of likely N-dealkylation sites (tertiary alicyclic amines) is 1. The van der Waals surface area contributed by atoms with E-state index in [1.54, 1.807) is 6.20 Å². The number of aromatic nitrogens is 2. The highest BCUT2D eigenvalue weighted by molar-refractivity contribution is 7.91. The lowest BCUT2D eigenvalue weighted by Crippen LogP contribution is -2.38. The molecule has 1 aromatic rings. The normalized spacial score (nSPS) is 21.0. The number of aromatic amines is 1. The number of imidazole rings is 1. The molecule has 134 valence electrons. The third kappa shape index (κ3) is 4.57. The molecule has 1 saturated heterocycles. The van der Waals surface area contributed by atoms with Crippen LogP contribution in [0.1, 0.15) is 17.9 Å². The van der Waals surface area contributed by atoms with Crippen molar-refractivity contribution in [2.75, 3.05) is 26.0 Å². The predicted octanol–water partition coefficient (Wildman–Crippen LogP) is 0.297. The van der Waals surface area contributed by atoms with Crippen molar-refractivity contribution in [1.82, 2.24) is 14.9 Å².